The first-order valence-electron chi connectivity index (χ1n) is 8.82. The third-order valence-electron chi connectivity index (χ3n) is 5.05. The smallest absolute Gasteiger partial charge is 0.281 e. The molecule has 2 amide bonds. The first-order chi connectivity index (χ1) is 13.4. The summed E-state index contributed by atoms with van der Waals surface area (Å²) in [6.45, 7) is 0.358. The molecule has 2 unspecified atom stereocenters. The van der Waals surface area contributed by atoms with Crippen LogP contribution in [0.15, 0.2) is 48.5 Å². The molecule has 2 heterocycles. The van der Waals surface area contributed by atoms with Crippen LogP contribution < -0.4 is 10.6 Å². The van der Waals surface area contributed by atoms with Gasteiger partial charge in [-0.15, -0.1) is 0 Å². The molecule has 0 aromatic heterocycles. The first-order valence-corrected chi connectivity index (χ1v) is 8.82. The number of nitrogens with one attached hydrogen (secondary N) is 2. The SMILES string of the molecule is O=C1CC(F)(N2Cc3c(NCc4ccccc4)cccc3C2=O)C(=O)NC1O. The zero-order valence-electron chi connectivity index (χ0n) is 14.8. The quantitative estimate of drug-likeness (QED) is 0.692. The Morgan fingerprint density at radius 1 is 1.14 bits per heavy atom. The van der Waals surface area contributed by atoms with Crippen LogP contribution in [-0.4, -0.2) is 39.6 Å². The lowest BCUT2D eigenvalue weighted by Crippen LogP contribution is -2.64. The lowest BCUT2D eigenvalue weighted by molar-refractivity contribution is -0.163. The third kappa shape index (κ3) is 2.91. The molecule has 0 saturated carbocycles. The molecule has 0 radical (unpaired) electrons. The van der Waals surface area contributed by atoms with Crippen LogP contribution in [0.3, 0.4) is 0 Å². The fraction of sp³-hybridized carbons (Fsp3) is 0.250. The van der Waals surface area contributed by atoms with Crippen molar-refractivity contribution in [3.05, 3.63) is 65.2 Å². The van der Waals surface area contributed by atoms with E-state index >= 15 is 4.39 Å². The van der Waals surface area contributed by atoms with Gasteiger partial charge in [0, 0.05) is 23.4 Å². The minimum absolute atomic E-state index is 0.153. The minimum atomic E-state index is -2.83. The Morgan fingerprint density at radius 2 is 1.89 bits per heavy atom. The van der Waals surface area contributed by atoms with Gasteiger partial charge >= 0.3 is 0 Å². The molecule has 2 aromatic rings. The number of aliphatic hydroxyl groups is 1. The maximum atomic E-state index is 15.4. The molecule has 144 valence electrons. The largest absolute Gasteiger partial charge is 0.381 e. The molecule has 28 heavy (non-hydrogen) atoms. The second-order valence-electron chi connectivity index (χ2n) is 6.84. The third-order valence-corrected chi connectivity index (χ3v) is 5.05. The van der Waals surface area contributed by atoms with E-state index in [-0.39, 0.29) is 12.1 Å². The normalized spacial score (nSPS) is 24.1. The van der Waals surface area contributed by atoms with Gasteiger partial charge in [-0.1, -0.05) is 36.4 Å². The predicted molar refractivity (Wildman–Crippen MR) is 97.7 cm³/mol. The Morgan fingerprint density at radius 3 is 2.64 bits per heavy atom. The van der Waals surface area contributed by atoms with Crippen molar-refractivity contribution in [1.82, 2.24) is 10.2 Å². The van der Waals surface area contributed by atoms with Gasteiger partial charge in [0.2, 0.25) is 0 Å². The van der Waals surface area contributed by atoms with E-state index in [2.05, 4.69) is 5.32 Å². The highest BCUT2D eigenvalue weighted by atomic mass is 19.1. The number of alkyl halides is 1. The van der Waals surface area contributed by atoms with Gasteiger partial charge in [-0.25, -0.2) is 4.39 Å². The number of nitrogens with zero attached hydrogens (tertiary/aromatic N) is 1. The van der Waals surface area contributed by atoms with Crippen LogP contribution >= 0.6 is 0 Å². The summed E-state index contributed by atoms with van der Waals surface area (Å²) in [5.41, 5.74) is 2.53. The fourth-order valence-electron chi connectivity index (χ4n) is 3.52. The highest BCUT2D eigenvalue weighted by Gasteiger charge is 2.55. The molecule has 1 saturated heterocycles. The molecular weight excluding hydrogens is 365 g/mol. The molecule has 0 aliphatic carbocycles. The molecule has 0 bridgehead atoms. The van der Waals surface area contributed by atoms with Gasteiger partial charge in [0.15, 0.2) is 12.0 Å². The topological polar surface area (TPSA) is 98.7 Å². The van der Waals surface area contributed by atoms with E-state index in [1.807, 2.05) is 35.6 Å². The lowest BCUT2D eigenvalue weighted by Gasteiger charge is -2.36. The van der Waals surface area contributed by atoms with Crippen molar-refractivity contribution < 1.29 is 23.9 Å². The molecule has 4 rings (SSSR count). The summed E-state index contributed by atoms with van der Waals surface area (Å²) in [5.74, 6) is -5.57. The maximum absolute atomic E-state index is 15.4. The van der Waals surface area contributed by atoms with Crippen molar-refractivity contribution in [2.24, 2.45) is 0 Å². The van der Waals surface area contributed by atoms with E-state index in [1.165, 1.54) is 0 Å². The summed E-state index contributed by atoms with van der Waals surface area (Å²) in [7, 11) is 0. The number of piperidine rings is 1. The number of carbonyl (C=O) groups is 3. The van der Waals surface area contributed by atoms with E-state index in [4.69, 9.17) is 0 Å². The molecule has 2 aliphatic rings. The number of benzene rings is 2. The van der Waals surface area contributed by atoms with Gasteiger partial charge < -0.3 is 15.7 Å². The lowest BCUT2D eigenvalue weighted by atomic mass is 10.00. The molecule has 2 aromatic carbocycles. The van der Waals surface area contributed by atoms with Crippen LogP contribution in [0.4, 0.5) is 10.1 Å². The number of hydrogen-bond donors (Lipinski definition) is 3. The van der Waals surface area contributed by atoms with Gasteiger partial charge in [-0.3, -0.25) is 19.3 Å². The molecule has 1 fully saturated rings. The monoisotopic (exact) mass is 383 g/mol. The van der Waals surface area contributed by atoms with Crippen molar-refractivity contribution in [1.29, 1.82) is 0 Å². The first kappa shape index (κ1) is 18.1. The Labute approximate surface area is 160 Å². The number of hydrogen-bond acceptors (Lipinski definition) is 5. The van der Waals surface area contributed by atoms with Crippen LogP contribution in [0.2, 0.25) is 0 Å². The Bertz CT molecular complexity index is 965. The molecule has 2 aliphatic heterocycles. The van der Waals surface area contributed by atoms with Crippen LogP contribution in [-0.2, 0) is 22.7 Å². The van der Waals surface area contributed by atoms with Crippen molar-refractivity contribution in [3.63, 3.8) is 0 Å². The molecule has 2 atom stereocenters. The number of anilines is 1. The number of ketones is 1. The number of halogens is 1. The van der Waals surface area contributed by atoms with Crippen LogP contribution in [0.25, 0.3) is 0 Å². The Balaban J connectivity index is 1.60. The fourth-order valence-corrected chi connectivity index (χ4v) is 3.52. The van der Waals surface area contributed by atoms with Crippen molar-refractivity contribution in [2.45, 2.75) is 31.5 Å². The minimum Gasteiger partial charge on any atom is -0.381 e. The van der Waals surface area contributed by atoms with E-state index in [1.54, 1.807) is 18.2 Å². The number of amides is 2. The second-order valence-corrected chi connectivity index (χ2v) is 6.84. The summed E-state index contributed by atoms with van der Waals surface area (Å²) in [6, 6.07) is 14.7. The van der Waals surface area contributed by atoms with E-state index in [9.17, 15) is 19.5 Å². The Hall–Kier alpha value is -3.26. The van der Waals surface area contributed by atoms with Gasteiger partial charge in [0.1, 0.15) is 0 Å². The second kappa shape index (κ2) is 6.72. The van der Waals surface area contributed by atoms with Gasteiger partial charge in [-0.05, 0) is 17.7 Å². The number of rotatable bonds is 4. The molecule has 8 heteroatoms. The Kier molecular flexibility index (Phi) is 4.35. The average Bonchev–Trinajstić information content (AvgIpc) is 3.04. The van der Waals surface area contributed by atoms with Gasteiger partial charge in [0.25, 0.3) is 17.6 Å². The summed E-state index contributed by atoms with van der Waals surface area (Å²) in [6.07, 6.45) is -2.63. The number of carbonyl (C=O) groups excluding carboxylic acids is 3. The molecule has 0 spiro atoms. The van der Waals surface area contributed by atoms with Crippen LogP contribution in [0.1, 0.15) is 27.9 Å². The zero-order valence-corrected chi connectivity index (χ0v) is 14.8. The van der Waals surface area contributed by atoms with Crippen LogP contribution in [0, 0.1) is 0 Å². The van der Waals surface area contributed by atoms with E-state index in [0.29, 0.717) is 17.8 Å². The van der Waals surface area contributed by atoms with Gasteiger partial charge in [-0.2, -0.15) is 0 Å². The number of fused-ring (bicyclic) bond motifs is 1. The summed E-state index contributed by atoms with van der Waals surface area (Å²) in [5, 5.41) is 14.5. The van der Waals surface area contributed by atoms with Crippen molar-refractivity contribution in [2.75, 3.05) is 5.32 Å². The van der Waals surface area contributed by atoms with Crippen molar-refractivity contribution in [3.8, 4) is 0 Å². The maximum Gasteiger partial charge on any atom is 0.281 e. The average molecular weight is 383 g/mol. The highest BCUT2D eigenvalue weighted by molar-refractivity contribution is 6.06. The molecular formula is C20H18FN3O4. The zero-order chi connectivity index (χ0) is 19.9. The van der Waals surface area contributed by atoms with Crippen LogP contribution in [0.5, 0.6) is 0 Å². The highest BCUT2D eigenvalue weighted by Crippen LogP contribution is 2.37. The summed E-state index contributed by atoms with van der Waals surface area (Å²) >= 11 is 0. The number of Topliss-reactive ketones (excluding diaryl/α,β-unsaturated/α-hetero) is 1. The van der Waals surface area contributed by atoms with E-state index < -0.39 is 36.0 Å². The standard InChI is InChI=1S/C20H18FN3O4/c21-20(9-16(25)17(26)23-19(20)28)24-11-14-13(18(24)27)7-4-8-15(14)22-10-12-5-2-1-3-6-12/h1-8,17,22,26H,9-11H2,(H,23,28). The number of aliphatic hydroxyl groups excluding tert-OH is 1. The van der Waals surface area contributed by atoms with E-state index in [0.717, 1.165) is 10.5 Å². The molecule has 7 nitrogen and oxygen atoms in total. The summed E-state index contributed by atoms with van der Waals surface area (Å²) in [4.78, 5) is 37.4. The predicted octanol–water partition coefficient (Wildman–Crippen LogP) is 1.33. The summed E-state index contributed by atoms with van der Waals surface area (Å²) < 4.78 is 15.4. The van der Waals surface area contributed by atoms with Crippen molar-refractivity contribution >= 4 is 23.3 Å². The molecule has 3 N–H and O–H groups in total. The van der Waals surface area contributed by atoms with Gasteiger partial charge in [0.05, 0.1) is 13.0 Å².